The first-order chi connectivity index (χ1) is 13.8. The normalized spacial score (nSPS) is 12.1. The fraction of sp³-hybridized carbons (Fsp3) is 0.143. The number of aryl methyl sites for hydroxylation is 2. The number of rotatable bonds is 6. The second-order valence-electron chi connectivity index (χ2n) is 6.44. The van der Waals surface area contributed by atoms with E-state index in [-0.39, 0.29) is 11.4 Å². The highest BCUT2D eigenvalue weighted by molar-refractivity contribution is 5.51. The van der Waals surface area contributed by atoms with Gasteiger partial charge in [0, 0.05) is 17.7 Å². The van der Waals surface area contributed by atoms with Crippen molar-refractivity contribution in [2.24, 2.45) is 10.2 Å². The third kappa shape index (κ3) is 4.94. The molecular weight excluding hydrogens is 374 g/mol. The maximum Gasteiger partial charge on any atom is 0.269 e. The quantitative estimate of drug-likeness (QED) is 0.251. The molecule has 0 aliphatic rings. The Balaban J connectivity index is 1.67. The topological polar surface area (TPSA) is 118 Å². The molecule has 1 atom stereocenters. The second kappa shape index (κ2) is 8.49. The minimum Gasteiger partial charge on any atom is -0.507 e. The first kappa shape index (κ1) is 20.0. The van der Waals surface area contributed by atoms with Gasteiger partial charge < -0.3 is 14.9 Å². The van der Waals surface area contributed by atoms with Crippen molar-refractivity contribution in [3.63, 3.8) is 0 Å². The Bertz CT molecular complexity index is 1020. The van der Waals surface area contributed by atoms with Gasteiger partial charge in [-0.2, -0.15) is 10.2 Å². The van der Waals surface area contributed by atoms with Crippen LogP contribution >= 0.6 is 0 Å². The van der Waals surface area contributed by atoms with Gasteiger partial charge in [0.25, 0.3) is 5.69 Å². The lowest BCUT2D eigenvalue weighted by molar-refractivity contribution is -0.384. The fourth-order valence-corrected chi connectivity index (χ4v) is 2.66. The molecule has 3 rings (SSSR count). The molecule has 0 spiro atoms. The lowest BCUT2D eigenvalue weighted by Crippen LogP contribution is -2.06. The number of nitro groups is 1. The molecule has 0 aliphatic carbocycles. The molecule has 1 unspecified atom stereocenters. The SMILES string of the molecule is Cc1cc(N=Nc2ccc(C(O)Oc3ccc([N+](=O)[O-])cc3)cc2)cc(C)c1O. The van der Waals surface area contributed by atoms with E-state index in [0.29, 0.717) is 22.7 Å². The highest BCUT2D eigenvalue weighted by atomic mass is 16.6. The molecule has 0 aliphatic heterocycles. The van der Waals surface area contributed by atoms with Gasteiger partial charge in [0.05, 0.1) is 16.3 Å². The number of hydrogen-bond acceptors (Lipinski definition) is 7. The number of azo groups is 1. The number of non-ortho nitro benzene ring substituents is 1. The largest absolute Gasteiger partial charge is 0.507 e. The van der Waals surface area contributed by atoms with Crippen molar-refractivity contribution in [1.29, 1.82) is 0 Å². The van der Waals surface area contributed by atoms with Gasteiger partial charge in [0.15, 0.2) is 0 Å². The van der Waals surface area contributed by atoms with E-state index >= 15 is 0 Å². The summed E-state index contributed by atoms with van der Waals surface area (Å²) in [5.74, 6) is 0.556. The summed E-state index contributed by atoms with van der Waals surface area (Å²) >= 11 is 0. The molecule has 8 heteroatoms. The number of phenols is 1. The lowest BCUT2D eigenvalue weighted by Gasteiger charge is -2.13. The molecule has 29 heavy (non-hydrogen) atoms. The molecule has 0 bridgehead atoms. The number of nitro benzene ring substituents is 1. The molecule has 0 saturated heterocycles. The molecular formula is C21H19N3O5. The van der Waals surface area contributed by atoms with Crippen LogP contribution in [-0.4, -0.2) is 15.1 Å². The summed E-state index contributed by atoms with van der Waals surface area (Å²) in [6, 6.07) is 15.6. The number of nitrogens with zero attached hydrogens (tertiary/aromatic N) is 3. The predicted octanol–water partition coefficient (Wildman–Crippen LogP) is 5.40. The summed E-state index contributed by atoms with van der Waals surface area (Å²) in [5, 5.41) is 39.0. The van der Waals surface area contributed by atoms with Crippen LogP contribution in [0.2, 0.25) is 0 Å². The van der Waals surface area contributed by atoms with Crippen molar-refractivity contribution in [2.75, 3.05) is 0 Å². The van der Waals surface area contributed by atoms with Crippen molar-refractivity contribution in [3.05, 3.63) is 87.5 Å². The lowest BCUT2D eigenvalue weighted by atomic mass is 10.1. The Labute approximate surface area is 166 Å². The average molecular weight is 393 g/mol. The molecule has 0 aromatic heterocycles. The van der Waals surface area contributed by atoms with Crippen LogP contribution in [0.25, 0.3) is 0 Å². The van der Waals surface area contributed by atoms with Gasteiger partial charge in [-0.05, 0) is 61.4 Å². The Morgan fingerprint density at radius 2 is 1.48 bits per heavy atom. The molecule has 0 heterocycles. The van der Waals surface area contributed by atoms with Crippen LogP contribution in [0.3, 0.4) is 0 Å². The standard InChI is InChI=1S/C21H19N3O5/c1-13-11-17(12-14(2)20(13)25)23-22-16-5-3-15(4-6-16)21(26)29-19-9-7-18(8-10-19)24(27)28/h3-12,21,25-26H,1-2H3. The van der Waals surface area contributed by atoms with Crippen molar-refractivity contribution < 1.29 is 19.9 Å². The summed E-state index contributed by atoms with van der Waals surface area (Å²) in [7, 11) is 0. The van der Waals surface area contributed by atoms with Gasteiger partial charge in [-0.25, -0.2) is 0 Å². The van der Waals surface area contributed by atoms with E-state index < -0.39 is 11.2 Å². The summed E-state index contributed by atoms with van der Waals surface area (Å²) in [5.41, 5.74) is 3.10. The molecule has 0 saturated carbocycles. The average Bonchev–Trinajstić information content (AvgIpc) is 2.71. The van der Waals surface area contributed by atoms with Crippen LogP contribution in [-0.2, 0) is 0 Å². The van der Waals surface area contributed by atoms with Gasteiger partial charge in [0.2, 0.25) is 6.29 Å². The molecule has 2 N–H and O–H groups in total. The summed E-state index contributed by atoms with van der Waals surface area (Å²) in [6.45, 7) is 3.59. The maximum atomic E-state index is 10.7. The van der Waals surface area contributed by atoms with Gasteiger partial charge >= 0.3 is 0 Å². The second-order valence-corrected chi connectivity index (χ2v) is 6.44. The first-order valence-corrected chi connectivity index (χ1v) is 8.74. The van der Waals surface area contributed by atoms with Crippen LogP contribution < -0.4 is 4.74 Å². The summed E-state index contributed by atoms with van der Waals surface area (Å²) < 4.78 is 5.40. The highest BCUT2D eigenvalue weighted by Crippen LogP contribution is 2.29. The van der Waals surface area contributed by atoms with Crippen LogP contribution in [0.1, 0.15) is 23.0 Å². The van der Waals surface area contributed by atoms with E-state index in [0.717, 1.165) is 11.1 Å². The van der Waals surface area contributed by atoms with E-state index in [1.165, 1.54) is 24.3 Å². The minimum absolute atomic E-state index is 0.0550. The molecule has 0 fully saturated rings. The molecule has 0 radical (unpaired) electrons. The Kier molecular flexibility index (Phi) is 5.85. The highest BCUT2D eigenvalue weighted by Gasteiger charge is 2.11. The maximum absolute atomic E-state index is 10.7. The Morgan fingerprint density at radius 3 is 2.03 bits per heavy atom. The Morgan fingerprint density at radius 1 is 0.931 bits per heavy atom. The van der Waals surface area contributed by atoms with Crippen LogP contribution in [0.15, 0.2) is 70.9 Å². The van der Waals surface area contributed by atoms with Crippen molar-refractivity contribution in [3.8, 4) is 11.5 Å². The smallest absolute Gasteiger partial charge is 0.269 e. The van der Waals surface area contributed by atoms with Crippen LogP contribution in [0.4, 0.5) is 17.1 Å². The van der Waals surface area contributed by atoms with Crippen LogP contribution in [0.5, 0.6) is 11.5 Å². The number of aliphatic hydroxyl groups excluding tert-OH is 1. The number of benzene rings is 3. The monoisotopic (exact) mass is 393 g/mol. The number of aromatic hydroxyl groups is 1. The fourth-order valence-electron chi connectivity index (χ4n) is 2.66. The first-order valence-electron chi connectivity index (χ1n) is 8.74. The number of ether oxygens (including phenoxy) is 1. The van der Waals surface area contributed by atoms with Crippen molar-refractivity contribution >= 4 is 17.1 Å². The van der Waals surface area contributed by atoms with E-state index in [1.54, 1.807) is 50.2 Å². The number of phenolic OH excluding ortho intramolecular Hbond substituents is 1. The minimum atomic E-state index is -1.23. The van der Waals surface area contributed by atoms with Gasteiger partial charge in [-0.3, -0.25) is 10.1 Å². The predicted molar refractivity (Wildman–Crippen MR) is 107 cm³/mol. The van der Waals surface area contributed by atoms with Gasteiger partial charge in [-0.15, -0.1) is 0 Å². The third-order valence-corrected chi connectivity index (χ3v) is 4.23. The zero-order chi connectivity index (χ0) is 21.0. The van der Waals surface area contributed by atoms with E-state index in [1.807, 2.05) is 0 Å². The molecule has 3 aromatic carbocycles. The molecule has 148 valence electrons. The summed E-state index contributed by atoms with van der Waals surface area (Å²) in [4.78, 5) is 10.2. The van der Waals surface area contributed by atoms with Gasteiger partial charge in [-0.1, -0.05) is 12.1 Å². The Hall–Kier alpha value is -3.78. The molecule has 0 amide bonds. The van der Waals surface area contributed by atoms with E-state index in [4.69, 9.17) is 4.74 Å². The van der Waals surface area contributed by atoms with Gasteiger partial charge in [0.1, 0.15) is 11.5 Å². The van der Waals surface area contributed by atoms with Crippen molar-refractivity contribution in [1.82, 2.24) is 0 Å². The van der Waals surface area contributed by atoms with E-state index in [2.05, 4.69) is 10.2 Å². The number of aliphatic hydroxyl groups is 1. The molecule has 3 aromatic rings. The zero-order valence-corrected chi connectivity index (χ0v) is 15.8. The van der Waals surface area contributed by atoms with E-state index in [9.17, 15) is 20.3 Å². The number of hydrogen-bond donors (Lipinski definition) is 2. The zero-order valence-electron chi connectivity index (χ0n) is 15.8. The van der Waals surface area contributed by atoms with Crippen molar-refractivity contribution in [2.45, 2.75) is 20.1 Å². The summed E-state index contributed by atoms with van der Waals surface area (Å²) in [6.07, 6.45) is -1.23. The molecule has 8 nitrogen and oxygen atoms in total. The third-order valence-electron chi connectivity index (χ3n) is 4.23. The van der Waals surface area contributed by atoms with Crippen LogP contribution in [0, 0.1) is 24.0 Å².